The standard InChI is InChI=1S/C13H22N2O3S/c16-12(17)9-10-1-5-15(6-2-10)13(18)14-11-3-7-19-8-4-11/h10-11H,1-9H2,(H,14,18)(H,16,17). The minimum Gasteiger partial charge on any atom is -0.481 e. The fraction of sp³-hybridized carbons (Fsp3) is 0.846. The zero-order valence-electron chi connectivity index (χ0n) is 11.1. The van der Waals surface area contributed by atoms with Gasteiger partial charge in [-0.2, -0.15) is 11.8 Å². The minimum atomic E-state index is -0.734. The number of urea groups is 1. The number of nitrogens with one attached hydrogen (secondary N) is 1. The van der Waals surface area contributed by atoms with E-state index in [-0.39, 0.29) is 18.4 Å². The molecule has 2 aliphatic heterocycles. The second kappa shape index (κ2) is 7.03. The molecule has 2 heterocycles. The molecule has 2 fully saturated rings. The smallest absolute Gasteiger partial charge is 0.317 e. The number of nitrogens with zero attached hydrogens (tertiary/aromatic N) is 1. The van der Waals surface area contributed by atoms with Crippen LogP contribution in [0.4, 0.5) is 4.79 Å². The summed E-state index contributed by atoms with van der Waals surface area (Å²) in [4.78, 5) is 24.6. The highest BCUT2D eigenvalue weighted by molar-refractivity contribution is 7.99. The van der Waals surface area contributed by atoms with E-state index in [0.717, 1.165) is 37.2 Å². The van der Waals surface area contributed by atoms with Gasteiger partial charge in [-0.15, -0.1) is 0 Å². The van der Waals surface area contributed by atoms with Gasteiger partial charge in [0.05, 0.1) is 0 Å². The maximum Gasteiger partial charge on any atom is 0.317 e. The van der Waals surface area contributed by atoms with Gasteiger partial charge in [-0.25, -0.2) is 4.79 Å². The molecule has 0 aromatic heterocycles. The van der Waals surface area contributed by atoms with E-state index in [9.17, 15) is 9.59 Å². The van der Waals surface area contributed by atoms with Crippen molar-refractivity contribution in [3.8, 4) is 0 Å². The van der Waals surface area contributed by atoms with Crippen LogP contribution >= 0.6 is 11.8 Å². The summed E-state index contributed by atoms with van der Waals surface area (Å²) in [6.45, 7) is 1.37. The van der Waals surface area contributed by atoms with E-state index in [2.05, 4.69) is 5.32 Å². The highest BCUT2D eigenvalue weighted by atomic mass is 32.2. The predicted molar refractivity (Wildman–Crippen MR) is 75.4 cm³/mol. The fourth-order valence-corrected chi connectivity index (χ4v) is 3.80. The average molecular weight is 286 g/mol. The number of hydrogen-bond donors (Lipinski definition) is 2. The molecule has 6 heteroatoms. The molecule has 5 nitrogen and oxygen atoms in total. The summed E-state index contributed by atoms with van der Waals surface area (Å²) >= 11 is 1.95. The number of carbonyl (C=O) groups excluding carboxylic acids is 1. The normalized spacial score (nSPS) is 22.2. The number of rotatable bonds is 3. The molecule has 0 spiro atoms. The van der Waals surface area contributed by atoms with Crippen LogP contribution in [0.3, 0.4) is 0 Å². The first-order valence-electron chi connectivity index (χ1n) is 7.00. The monoisotopic (exact) mass is 286 g/mol. The third-order valence-corrected chi connectivity index (χ3v) is 4.96. The second-order valence-electron chi connectivity index (χ2n) is 5.36. The maximum absolute atomic E-state index is 12.1. The fourth-order valence-electron chi connectivity index (χ4n) is 2.69. The Morgan fingerprint density at radius 1 is 1.16 bits per heavy atom. The Labute approximate surface area is 118 Å². The molecule has 0 radical (unpaired) electrons. The van der Waals surface area contributed by atoms with Crippen molar-refractivity contribution in [1.82, 2.24) is 10.2 Å². The van der Waals surface area contributed by atoms with Gasteiger partial charge in [-0.3, -0.25) is 4.79 Å². The van der Waals surface area contributed by atoms with Gasteiger partial charge >= 0.3 is 12.0 Å². The lowest BCUT2D eigenvalue weighted by Crippen LogP contribution is -2.48. The molecular weight excluding hydrogens is 264 g/mol. The summed E-state index contributed by atoms with van der Waals surface area (Å²) in [6.07, 6.45) is 3.97. The van der Waals surface area contributed by atoms with Gasteiger partial charge in [-0.1, -0.05) is 0 Å². The summed E-state index contributed by atoms with van der Waals surface area (Å²) in [7, 11) is 0. The van der Waals surface area contributed by atoms with E-state index in [4.69, 9.17) is 5.11 Å². The lowest BCUT2D eigenvalue weighted by atomic mass is 9.94. The van der Waals surface area contributed by atoms with E-state index in [0.29, 0.717) is 19.1 Å². The predicted octanol–water partition coefficient (Wildman–Crippen LogP) is 1.78. The molecule has 108 valence electrons. The van der Waals surface area contributed by atoms with Gasteiger partial charge in [0.25, 0.3) is 0 Å². The third kappa shape index (κ3) is 4.60. The first-order chi connectivity index (χ1) is 9.15. The number of carbonyl (C=O) groups is 2. The van der Waals surface area contributed by atoms with Crippen LogP contribution in [0.25, 0.3) is 0 Å². The molecule has 2 aliphatic rings. The number of carboxylic acids is 1. The third-order valence-electron chi connectivity index (χ3n) is 3.91. The van der Waals surface area contributed by atoms with Crippen LogP contribution in [0.2, 0.25) is 0 Å². The molecule has 2 rings (SSSR count). The number of amides is 2. The number of likely N-dealkylation sites (tertiary alicyclic amines) is 1. The molecule has 2 amide bonds. The van der Waals surface area contributed by atoms with E-state index in [1.54, 1.807) is 0 Å². The first-order valence-corrected chi connectivity index (χ1v) is 8.15. The number of piperidine rings is 1. The highest BCUT2D eigenvalue weighted by Crippen LogP contribution is 2.21. The van der Waals surface area contributed by atoms with Crippen molar-refractivity contribution < 1.29 is 14.7 Å². The topological polar surface area (TPSA) is 69.6 Å². The van der Waals surface area contributed by atoms with Gasteiger partial charge in [0.1, 0.15) is 0 Å². The van der Waals surface area contributed by atoms with Crippen molar-refractivity contribution in [2.24, 2.45) is 5.92 Å². The van der Waals surface area contributed by atoms with Gasteiger partial charge in [-0.05, 0) is 43.1 Å². The second-order valence-corrected chi connectivity index (χ2v) is 6.59. The summed E-state index contributed by atoms with van der Waals surface area (Å²) < 4.78 is 0. The van der Waals surface area contributed by atoms with E-state index >= 15 is 0 Å². The largest absolute Gasteiger partial charge is 0.481 e. The Bertz CT molecular complexity index is 324. The van der Waals surface area contributed by atoms with Gasteiger partial charge in [0, 0.05) is 25.6 Å². The van der Waals surface area contributed by atoms with Crippen molar-refractivity contribution >= 4 is 23.8 Å². The molecule has 0 aliphatic carbocycles. The molecule has 0 bridgehead atoms. The van der Waals surface area contributed by atoms with E-state index < -0.39 is 5.97 Å². The molecule has 2 saturated heterocycles. The molecular formula is C13H22N2O3S. The molecule has 19 heavy (non-hydrogen) atoms. The van der Waals surface area contributed by atoms with Crippen molar-refractivity contribution in [1.29, 1.82) is 0 Å². The Morgan fingerprint density at radius 2 is 1.79 bits per heavy atom. The molecule has 0 saturated carbocycles. The van der Waals surface area contributed by atoms with E-state index in [1.165, 1.54) is 0 Å². The summed E-state index contributed by atoms with van der Waals surface area (Å²) in [5.74, 6) is 1.76. The molecule has 0 unspecified atom stereocenters. The van der Waals surface area contributed by atoms with Crippen LogP contribution in [0.1, 0.15) is 32.1 Å². The SMILES string of the molecule is O=C(O)CC1CCN(C(=O)NC2CCSCC2)CC1. The highest BCUT2D eigenvalue weighted by Gasteiger charge is 2.25. The summed E-state index contributed by atoms with van der Waals surface area (Å²) in [5, 5.41) is 11.9. The number of hydrogen-bond acceptors (Lipinski definition) is 3. The average Bonchev–Trinajstić information content (AvgIpc) is 2.40. The zero-order valence-corrected chi connectivity index (χ0v) is 12.0. The van der Waals surface area contributed by atoms with Crippen LogP contribution in [-0.2, 0) is 4.79 Å². The molecule has 2 N–H and O–H groups in total. The van der Waals surface area contributed by atoms with Crippen LogP contribution in [0.15, 0.2) is 0 Å². The van der Waals surface area contributed by atoms with Crippen molar-refractivity contribution in [2.75, 3.05) is 24.6 Å². The van der Waals surface area contributed by atoms with Crippen LogP contribution in [-0.4, -0.2) is 52.6 Å². The summed E-state index contributed by atoms with van der Waals surface area (Å²) in [5.41, 5.74) is 0. The van der Waals surface area contributed by atoms with Gasteiger partial charge in [0.2, 0.25) is 0 Å². The number of thioether (sulfide) groups is 1. The number of carboxylic acid groups (broad SMARTS) is 1. The van der Waals surface area contributed by atoms with Crippen LogP contribution in [0, 0.1) is 5.92 Å². The van der Waals surface area contributed by atoms with Crippen molar-refractivity contribution in [2.45, 2.75) is 38.1 Å². The lowest BCUT2D eigenvalue weighted by molar-refractivity contribution is -0.138. The first kappa shape index (κ1) is 14.5. The zero-order chi connectivity index (χ0) is 13.7. The quantitative estimate of drug-likeness (QED) is 0.829. The van der Waals surface area contributed by atoms with Crippen LogP contribution < -0.4 is 5.32 Å². The van der Waals surface area contributed by atoms with Crippen molar-refractivity contribution in [3.05, 3.63) is 0 Å². The Hall–Kier alpha value is -0.910. The summed E-state index contributed by atoms with van der Waals surface area (Å²) in [6, 6.07) is 0.358. The van der Waals surface area contributed by atoms with E-state index in [1.807, 2.05) is 16.7 Å². The maximum atomic E-state index is 12.1. The molecule has 0 atom stereocenters. The Kier molecular flexibility index (Phi) is 5.36. The number of aliphatic carboxylic acids is 1. The van der Waals surface area contributed by atoms with Crippen molar-refractivity contribution in [3.63, 3.8) is 0 Å². The Morgan fingerprint density at radius 3 is 2.37 bits per heavy atom. The molecule has 0 aromatic carbocycles. The van der Waals surface area contributed by atoms with Gasteiger partial charge in [0.15, 0.2) is 0 Å². The Balaban J connectivity index is 1.71. The minimum absolute atomic E-state index is 0.0330. The molecule has 0 aromatic rings. The lowest BCUT2D eigenvalue weighted by Gasteiger charge is -2.33. The van der Waals surface area contributed by atoms with Crippen LogP contribution in [0.5, 0.6) is 0 Å². The van der Waals surface area contributed by atoms with Gasteiger partial charge < -0.3 is 15.3 Å².